The summed E-state index contributed by atoms with van der Waals surface area (Å²) in [5.41, 5.74) is -0.273. The van der Waals surface area contributed by atoms with E-state index >= 15 is 0 Å². The van der Waals surface area contributed by atoms with Crippen molar-refractivity contribution in [3.63, 3.8) is 0 Å². The Labute approximate surface area is 90.6 Å². The highest BCUT2D eigenvalue weighted by Gasteiger charge is 2.35. The molecular formula is C10H11BrFNO. The molecule has 0 saturated carbocycles. The maximum absolute atomic E-state index is 13.4. The molecule has 0 atom stereocenters. The summed E-state index contributed by atoms with van der Waals surface area (Å²) in [6.07, 6.45) is 0. The van der Waals surface area contributed by atoms with E-state index in [4.69, 9.17) is 4.74 Å². The van der Waals surface area contributed by atoms with Crippen molar-refractivity contribution >= 4 is 15.9 Å². The smallest absolute Gasteiger partial charge is 0.170 e. The van der Waals surface area contributed by atoms with Gasteiger partial charge in [-0.15, -0.1) is 0 Å². The predicted molar refractivity (Wildman–Crippen MR) is 56.0 cm³/mol. The lowest BCUT2D eigenvalue weighted by molar-refractivity contribution is 0.0304. The number of rotatable bonds is 2. The summed E-state index contributed by atoms with van der Waals surface area (Å²) in [6, 6.07) is 4.82. The van der Waals surface area contributed by atoms with Gasteiger partial charge in [0.2, 0.25) is 0 Å². The monoisotopic (exact) mass is 259 g/mol. The van der Waals surface area contributed by atoms with Crippen LogP contribution < -0.4 is 10.1 Å². The summed E-state index contributed by atoms with van der Waals surface area (Å²) in [6.45, 7) is 3.48. The Morgan fingerprint density at radius 1 is 1.50 bits per heavy atom. The molecule has 0 unspecified atom stereocenters. The molecular weight excluding hydrogens is 249 g/mol. The van der Waals surface area contributed by atoms with Gasteiger partial charge in [0.25, 0.3) is 0 Å². The molecule has 0 spiro atoms. The van der Waals surface area contributed by atoms with Crippen LogP contribution in [0.25, 0.3) is 0 Å². The zero-order chi connectivity index (χ0) is 10.2. The molecule has 2 rings (SSSR count). The van der Waals surface area contributed by atoms with E-state index in [9.17, 15) is 4.39 Å². The molecule has 1 aliphatic rings. The van der Waals surface area contributed by atoms with Crippen LogP contribution in [0.3, 0.4) is 0 Å². The normalized spacial score (nSPS) is 18.8. The fourth-order valence-electron chi connectivity index (χ4n) is 1.38. The first-order valence-electron chi connectivity index (χ1n) is 4.44. The Bertz CT molecular complexity index is 332. The molecule has 1 fully saturated rings. The lowest BCUT2D eigenvalue weighted by Crippen LogP contribution is -2.61. The van der Waals surface area contributed by atoms with Crippen molar-refractivity contribution in [2.24, 2.45) is 0 Å². The van der Waals surface area contributed by atoms with Crippen molar-refractivity contribution in [2.75, 3.05) is 13.1 Å². The van der Waals surface area contributed by atoms with Crippen molar-refractivity contribution in [2.45, 2.75) is 12.5 Å². The Morgan fingerprint density at radius 2 is 2.21 bits per heavy atom. The predicted octanol–water partition coefficient (Wildman–Crippen LogP) is 2.33. The van der Waals surface area contributed by atoms with Crippen molar-refractivity contribution < 1.29 is 9.13 Å². The summed E-state index contributed by atoms with van der Waals surface area (Å²) in [5, 5.41) is 3.10. The van der Waals surface area contributed by atoms with Gasteiger partial charge < -0.3 is 10.1 Å². The van der Waals surface area contributed by atoms with E-state index in [1.165, 1.54) is 6.07 Å². The third kappa shape index (κ3) is 1.77. The van der Waals surface area contributed by atoms with Crippen LogP contribution in [0.5, 0.6) is 5.75 Å². The van der Waals surface area contributed by atoms with Gasteiger partial charge >= 0.3 is 0 Å². The zero-order valence-corrected chi connectivity index (χ0v) is 9.40. The first kappa shape index (κ1) is 9.93. The second kappa shape index (κ2) is 3.51. The number of nitrogens with one attached hydrogen (secondary N) is 1. The first-order chi connectivity index (χ1) is 6.61. The molecule has 14 heavy (non-hydrogen) atoms. The summed E-state index contributed by atoms with van der Waals surface area (Å²) < 4.78 is 19.6. The fraction of sp³-hybridized carbons (Fsp3) is 0.400. The Morgan fingerprint density at radius 3 is 2.71 bits per heavy atom. The number of benzene rings is 1. The highest BCUT2D eigenvalue weighted by Crippen LogP contribution is 2.31. The fourth-order valence-corrected chi connectivity index (χ4v) is 1.80. The van der Waals surface area contributed by atoms with Crippen LogP contribution >= 0.6 is 15.9 Å². The maximum Gasteiger partial charge on any atom is 0.170 e. The largest absolute Gasteiger partial charge is 0.481 e. The lowest BCUT2D eigenvalue weighted by Gasteiger charge is -2.39. The maximum atomic E-state index is 13.4. The molecule has 0 amide bonds. The molecule has 0 aliphatic carbocycles. The van der Waals surface area contributed by atoms with Crippen LogP contribution in [-0.4, -0.2) is 18.7 Å². The highest BCUT2D eigenvalue weighted by atomic mass is 79.9. The quantitative estimate of drug-likeness (QED) is 0.881. The van der Waals surface area contributed by atoms with E-state index in [-0.39, 0.29) is 11.4 Å². The molecule has 1 aromatic rings. The third-order valence-electron chi connectivity index (χ3n) is 2.27. The number of para-hydroxylation sites is 1. The minimum Gasteiger partial charge on any atom is -0.481 e. The molecule has 1 heterocycles. The number of halogens is 2. The average Bonchev–Trinajstić information content (AvgIpc) is 2.09. The summed E-state index contributed by atoms with van der Waals surface area (Å²) in [4.78, 5) is 0. The molecule has 1 aromatic carbocycles. The molecule has 1 N–H and O–H groups in total. The lowest BCUT2D eigenvalue weighted by atomic mass is 10.00. The number of ether oxygens (including phenoxy) is 1. The second-order valence-corrected chi connectivity index (χ2v) is 4.56. The van der Waals surface area contributed by atoms with Gasteiger partial charge in [-0.25, -0.2) is 4.39 Å². The van der Waals surface area contributed by atoms with Crippen LogP contribution in [0, 0.1) is 5.82 Å². The minimum absolute atomic E-state index is 0.273. The topological polar surface area (TPSA) is 21.3 Å². The van der Waals surface area contributed by atoms with E-state index in [1.54, 1.807) is 12.1 Å². The zero-order valence-electron chi connectivity index (χ0n) is 7.81. The van der Waals surface area contributed by atoms with Crippen molar-refractivity contribution in [3.05, 3.63) is 28.5 Å². The van der Waals surface area contributed by atoms with Crippen LogP contribution in [0.2, 0.25) is 0 Å². The van der Waals surface area contributed by atoms with Gasteiger partial charge in [0, 0.05) is 13.1 Å². The summed E-state index contributed by atoms with van der Waals surface area (Å²) >= 11 is 3.27. The summed E-state index contributed by atoms with van der Waals surface area (Å²) in [5.74, 6) is -0.0241. The first-order valence-corrected chi connectivity index (χ1v) is 5.24. The third-order valence-corrected chi connectivity index (χ3v) is 2.89. The van der Waals surface area contributed by atoms with E-state index in [1.807, 2.05) is 6.92 Å². The van der Waals surface area contributed by atoms with E-state index in [2.05, 4.69) is 21.2 Å². The standard InChI is InChI=1S/C10H11BrFNO/c1-10(5-13-6-10)14-9-7(11)3-2-4-8(9)12/h2-4,13H,5-6H2,1H3. The van der Waals surface area contributed by atoms with E-state index in [0.29, 0.717) is 10.2 Å². The van der Waals surface area contributed by atoms with Gasteiger partial charge in [-0.05, 0) is 35.0 Å². The molecule has 4 heteroatoms. The Hall–Kier alpha value is -0.610. The molecule has 0 radical (unpaired) electrons. The second-order valence-electron chi connectivity index (χ2n) is 3.71. The highest BCUT2D eigenvalue weighted by molar-refractivity contribution is 9.10. The SMILES string of the molecule is CC1(Oc2c(F)cccc2Br)CNC1. The van der Waals surface area contributed by atoms with E-state index in [0.717, 1.165) is 13.1 Å². The van der Waals surface area contributed by atoms with Crippen LogP contribution in [0.15, 0.2) is 22.7 Å². The minimum atomic E-state index is -0.326. The van der Waals surface area contributed by atoms with Gasteiger partial charge in [0.1, 0.15) is 5.60 Å². The van der Waals surface area contributed by atoms with Crippen LogP contribution in [0.1, 0.15) is 6.92 Å². The van der Waals surface area contributed by atoms with Crippen molar-refractivity contribution in [3.8, 4) is 5.75 Å². The van der Waals surface area contributed by atoms with Crippen molar-refractivity contribution in [1.82, 2.24) is 5.32 Å². The number of hydrogen-bond acceptors (Lipinski definition) is 2. The average molecular weight is 260 g/mol. The van der Waals surface area contributed by atoms with Gasteiger partial charge in [-0.3, -0.25) is 0 Å². The molecule has 1 aliphatic heterocycles. The Kier molecular flexibility index (Phi) is 2.49. The van der Waals surface area contributed by atoms with Gasteiger partial charge in [-0.2, -0.15) is 0 Å². The number of hydrogen-bond donors (Lipinski definition) is 1. The van der Waals surface area contributed by atoms with E-state index < -0.39 is 0 Å². The van der Waals surface area contributed by atoms with Gasteiger partial charge in [0.05, 0.1) is 4.47 Å². The van der Waals surface area contributed by atoms with Gasteiger partial charge in [0.15, 0.2) is 11.6 Å². The van der Waals surface area contributed by atoms with Crippen molar-refractivity contribution in [1.29, 1.82) is 0 Å². The molecule has 0 aromatic heterocycles. The molecule has 0 bridgehead atoms. The van der Waals surface area contributed by atoms with Crippen LogP contribution in [0.4, 0.5) is 4.39 Å². The van der Waals surface area contributed by atoms with Gasteiger partial charge in [-0.1, -0.05) is 6.07 Å². The van der Waals surface area contributed by atoms with Crippen LogP contribution in [-0.2, 0) is 0 Å². The molecule has 1 saturated heterocycles. The summed E-state index contributed by atoms with van der Waals surface area (Å²) in [7, 11) is 0. The Balaban J connectivity index is 2.23. The molecule has 2 nitrogen and oxygen atoms in total. The molecule has 76 valence electrons.